The molecule has 0 unspecified atom stereocenters. The average molecular weight is 866 g/mol. The molecule has 1 aliphatic heterocycles. The van der Waals surface area contributed by atoms with E-state index in [1.165, 1.54) is 61.7 Å². The molecule has 0 bridgehead atoms. The summed E-state index contributed by atoms with van der Waals surface area (Å²) in [6.07, 6.45) is 23.8. The fraction of sp³-hybridized carbons (Fsp3) is 0.553. The van der Waals surface area contributed by atoms with E-state index in [0.29, 0.717) is 0 Å². The van der Waals surface area contributed by atoms with Gasteiger partial charge in [0.25, 0.3) is 0 Å². The van der Waals surface area contributed by atoms with Crippen molar-refractivity contribution in [1.82, 2.24) is 0 Å². The number of hydrogen-bond acceptors (Lipinski definition) is 2. The first-order chi connectivity index (χ1) is 25.1. The monoisotopic (exact) mass is 865 g/mol. The molecule has 53 heavy (non-hydrogen) atoms. The Balaban J connectivity index is 0.000000189. The van der Waals surface area contributed by atoms with Gasteiger partial charge in [-0.05, 0) is 141 Å². The Kier molecular flexibility index (Phi) is 18.9. The predicted octanol–water partition coefficient (Wildman–Crippen LogP) is 14.4. The quantitative estimate of drug-likeness (QED) is 0.138. The van der Waals surface area contributed by atoms with E-state index in [0.717, 1.165) is 18.7 Å². The molecule has 0 spiro atoms. The molecule has 1 saturated heterocycles. The first-order valence-electron chi connectivity index (χ1n) is 20.4. The molecule has 2 nitrogen and oxygen atoms in total. The van der Waals surface area contributed by atoms with Crippen LogP contribution in [0.2, 0.25) is 0 Å². The molecule has 0 radical (unpaired) electrons. The van der Waals surface area contributed by atoms with E-state index in [9.17, 15) is 0 Å². The van der Waals surface area contributed by atoms with Crippen molar-refractivity contribution in [1.29, 1.82) is 0 Å². The van der Waals surface area contributed by atoms with Crippen molar-refractivity contribution < 1.29 is 13.5 Å². The molecule has 4 aliphatic rings. The van der Waals surface area contributed by atoms with Gasteiger partial charge >= 0.3 is 73.4 Å². The number of anilines is 2. The maximum absolute atomic E-state index is 5.67. The molecule has 0 aromatic heterocycles. The Hall–Kier alpha value is -1.24. The number of benzene rings is 3. The fourth-order valence-electron chi connectivity index (χ4n) is 10.0. The second-order valence-electron chi connectivity index (χ2n) is 16.2. The second-order valence-corrected chi connectivity index (χ2v) is 25.4. The van der Waals surface area contributed by atoms with Crippen LogP contribution in [0.15, 0.2) is 54.6 Å². The third-order valence-corrected chi connectivity index (χ3v) is 18.4. The van der Waals surface area contributed by atoms with Gasteiger partial charge in [-0.25, -0.2) is 0 Å². The Morgan fingerprint density at radius 1 is 0.566 bits per heavy atom. The van der Waals surface area contributed by atoms with Gasteiger partial charge in [0, 0.05) is 32.4 Å². The van der Waals surface area contributed by atoms with Crippen molar-refractivity contribution in [3.63, 3.8) is 0 Å². The molecule has 1 heterocycles. The molecule has 3 aromatic rings. The SMILES string of the molecule is C1CCC([PH+](C2CCCCC2)C2CCCCC2)CC1.Cc1cc(C)c(N2[CH-]N(c3c(C)cc(C)cc3C)CC2)c(C)c1.[CH3-].[Cl][Ru]([Cl])=[CH]c1ccccc1. The van der Waals surface area contributed by atoms with Crippen LogP contribution in [0, 0.1) is 55.6 Å². The van der Waals surface area contributed by atoms with Crippen LogP contribution < -0.4 is 9.80 Å². The molecule has 7 rings (SSSR count). The van der Waals surface area contributed by atoms with Crippen molar-refractivity contribution in [3.8, 4) is 0 Å². The molecular weight excluding hydrogens is 795 g/mol. The van der Waals surface area contributed by atoms with Gasteiger partial charge in [0.1, 0.15) is 0 Å². The summed E-state index contributed by atoms with van der Waals surface area (Å²) in [4.78, 5) is 4.81. The van der Waals surface area contributed by atoms with Crippen LogP contribution in [0.25, 0.3) is 0 Å². The summed E-state index contributed by atoms with van der Waals surface area (Å²) < 4.78 is 1.92. The Bertz CT molecular complexity index is 1420. The zero-order valence-corrected chi connectivity index (χ0v) is 38.4. The van der Waals surface area contributed by atoms with Gasteiger partial charge < -0.3 is 17.2 Å². The average Bonchev–Trinajstić information content (AvgIpc) is 3.58. The van der Waals surface area contributed by atoms with Crippen LogP contribution in [0.4, 0.5) is 11.4 Å². The van der Waals surface area contributed by atoms with Gasteiger partial charge in [0.15, 0.2) is 0 Å². The van der Waals surface area contributed by atoms with E-state index < -0.39 is 13.5 Å². The van der Waals surface area contributed by atoms with Crippen LogP contribution in [-0.2, 0) is 13.5 Å². The van der Waals surface area contributed by atoms with Crippen LogP contribution in [-0.4, -0.2) is 34.7 Å². The van der Waals surface area contributed by atoms with Gasteiger partial charge in [0.2, 0.25) is 0 Å². The van der Waals surface area contributed by atoms with Crippen molar-refractivity contribution in [2.45, 2.75) is 155 Å². The number of rotatable bonds is 6. The van der Waals surface area contributed by atoms with Gasteiger partial charge in [-0.2, -0.15) is 6.67 Å². The first-order valence-corrected chi connectivity index (χ1v) is 27.6. The zero-order chi connectivity index (χ0) is 37.0. The summed E-state index contributed by atoms with van der Waals surface area (Å²) in [5.74, 6) is 0. The number of nitrogens with zero attached hydrogens (tertiary/aromatic N) is 2. The molecule has 296 valence electrons. The summed E-state index contributed by atoms with van der Waals surface area (Å²) >= 11 is -1.61. The predicted molar refractivity (Wildman–Crippen MR) is 239 cm³/mol. The Morgan fingerprint density at radius 2 is 0.906 bits per heavy atom. The number of hydrogen-bond donors (Lipinski definition) is 0. The zero-order valence-electron chi connectivity index (χ0n) is 34.1. The van der Waals surface area contributed by atoms with Gasteiger partial charge in [-0.15, -0.1) is 0 Å². The summed E-state index contributed by atoms with van der Waals surface area (Å²) in [5.41, 5.74) is 15.6. The molecule has 0 N–H and O–H groups in total. The minimum absolute atomic E-state index is 0. The minimum atomic E-state index is -1.61. The maximum atomic E-state index is 5.67. The summed E-state index contributed by atoms with van der Waals surface area (Å²) in [5, 5.41) is 0. The summed E-state index contributed by atoms with van der Waals surface area (Å²) in [6.45, 7) is 17.6. The van der Waals surface area contributed by atoms with Crippen molar-refractivity contribution in [3.05, 3.63) is 108 Å². The topological polar surface area (TPSA) is 6.48 Å². The van der Waals surface area contributed by atoms with Crippen molar-refractivity contribution in [2.24, 2.45) is 0 Å². The molecule has 3 aliphatic carbocycles. The molecule has 0 amide bonds. The van der Waals surface area contributed by atoms with E-state index in [1.54, 1.807) is 96.3 Å². The van der Waals surface area contributed by atoms with E-state index in [4.69, 9.17) is 19.4 Å². The normalized spacial score (nSPS) is 18.8. The van der Waals surface area contributed by atoms with Gasteiger partial charge in [-0.3, -0.25) is 0 Å². The number of halogens is 2. The Labute approximate surface area is 340 Å². The molecular formula is C47H70Cl2N2PRu-. The van der Waals surface area contributed by atoms with Crippen LogP contribution in [0.3, 0.4) is 0 Å². The number of aryl methyl sites for hydroxylation is 6. The third kappa shape index (κ3) is 13.2. The van der Waals surface area contributed by atoms with Crippen LogP contribution in [0.1, 0.15) is 135 Å². The van der Waals surface area contributed by atoms with Crippen LogP contribution >= 0.6 is 27.3 Å². The van der Waals surface area contributed by atoms with E-state index in [2.05, 4.69) is 82.3 Å². The standard InChI is InChI=1S/C21H27N2.C18H33P.C7H6.CH3.2ClH.Ru/c1-14-9-16(3)20(17(4)10-14)22-7-8-23(13-22)21-18(5)11-15(2)12-19(21)6;1-4-10-16(11-5-1)19(17-12-6-2-7-13-17)18-14-8-3-9-15-18;1-7-5-3-2-4-6-7;;;;/h9-13H,7-8H2,1-6H3;16-18H,1-15H2;1-6H;1H3;2*1H;/q-1;;;-1;;;+2/p-1. The fourth-order valence-corrected chi connectivity index (χ4v) is 17.1. The first kappa shape index (κ1) is 44.5. The molecule has 3 aromatic carbocycles. The Morgan fingerprint density at radius 3 is 1.23 bits per heavy atom. The van der Waals surface area contributed by atoms with Gasteiger partial charge in [-0.1, -0.05) is 54.7 Å². The van der Waals surface area contributed by atoms with Gasteiger partial charge in [0.05, 0.1) is 17.0 Å². The van der Waals surface area contributed by atoms with E-state index >= 15 is 0 Å². The summed E-state index contributed by atoms with van der Waals surface area (Å²) in [7, 11) is 11.3. The van der Waals surface area contributed by atoms with E-state index in [-0.39, 0.29) is 15.3 Å². The van der Waals surface area contributed by atoms with Crippen LogP contribution in [0.5, 0.6) is 0 Å². The molecule has 3 saturated carbocycles. The van der Waals surface area contributed by atoms with E-state index in [1.807, 2.05) is 34.9 Å². The van der Waals surface area contributed by atoms with Crippen molar-refractivity contribution in [2.75, 3.05) is 22.9 Å². The molecule has 0 atom stereocenters. The second kappa shape index (κ2) is 22.5. The summed E-state index contributed by atoms with van der Waals surface area (Å²) in [6, 6.07) is 19.0. The third-order valence-electron chi connectivity index (χ3n) is 11.9. The molecule has 4 fully saturated rings. The van der Waals surface area contributed by atoms with Crippen molar-refractivity contribution >= 4 is 43.3 Å². The molecule has 6 heteroatoms.